The van der Waals surface area contributed by atoms with Crippen LogP contribution in [0.5, 0.6) is 0 Å². The van der Waals surface area contributed by atoms with Crippen LogP contribution in [0.3, 0.4) is 0 Å². The molecule has 6 nitrogen and oxygen atoms in total. The van der Waals surface area contributed by atoms with Crippen LogP contribution in [-0.2, 0) is 24.6 Å². The lowest BCUT2D eigenvalue weighted by Crippen LogP contribution is -2.37. The molecule has 0 bridgehead atoms. The minimum absolute atomic E-state index is 0.0650. The molecule has 1 saturated heterocycles. The summed E-state index contributed by atoms with van der Waals surface area (Å²) in [6.07, 6.45) is 3.75. The van der Waals surface area contributed by atoms with E-state index >= 15 is 0 Å². The normalized spacial score (nSPS) is 22.6. The Bertz CT molecular complexity index is 761. The van der Waals surface area contributed by atoms with Crippen molar-refractivity contribution in [3.63, 3.8) is 0 Å². The van der Waals surface area contributed by atoms with Gasteiger partial charge in [-0.25, -0.2) is 16.8 Å². The molecular formula is C15H21NO5S2. The molecule has 3 rings (SSSR count). The van der Waals surface area contributed by atoms with Crippen LogP contribution in [0.2, 0.25) is 0 Å². The van der Waals surface area contributed by atoms with Crippen LogP contribution in [0.25, 0.3) is 0 Å². The van der Waals surface area contributed by atoms with Crippen molar-refractivity contribution in [2.75, 3.05) is 26.0 Å². The largest absolute Gasteiger partial charge is 0.381 e. The fourth-order valence-corrected chi connectivity index (χ4v) is 5.17. The maximum Gasteiger partial charge on any atom is 0.243 e. The molecule has 0 unspecified atom stereocenters. The lowest BCUT2D eigenvalue weighted by atomic mass is 10.1. The lowest BCUT2D eigenvalue weighted by molar-refractivity contribution is 0.180. The maximum absolute atomic E-state index is 12.9. The Morgan fingerprint density at radius 1 is 1.04 bits per heavy atom. The molecule has 0 aromatic heterocycles. The lowest BCUT2D eigenvalue weighted by Gasteiger charge is -2.24. The van der Waals surface area contributed by atoms with Gasteiger partial charge in [0.1, 0.15) is 0 Å². The van der Waals surface area contributed by atoms with Gasteiger partial charge in [0.05, 0.1) is 16.4 Å². The summed E-state index contributed by atoms with van der Waals surface area (Å²) in [5, 5.41) is 0. The second kappa shape index (κ2) is 6.16. The Balaban J connectivity index is 1.85. The number of nitrogens with zero attached hydrogens (tertiary/aromatic N) is 1. The molecule has 1 atom stereocenters. The summed E-state index contributed by atoms with van der Waals surface area (Å²) in [4.78, 5) is 0.273. The van der Waals surface area contributed by atoms with E-state index in [1.807, 2.05) is 0 Å². The van der Waals surface area contributed by atoms with E-state index < -0.39 is 19.9 Å². The first-order valence-electron chi connectivity index (χ1n) is 7.68. The Hall–Kier alpha value is -0.960. The molecule has 0 N–H and O–H groups in total. The highest BCUT2D eigenvalue weighted by Gasteiger charge is 2.39. The molecule has 8 heteroatoms. The zero-order chi connectivity index (χ0) is 16.7. The van der Waals surface area contributed by atoms with E-state index in [0.29, 0.717) is 19.8 Å². The summed E-state index contributed by atoms with van der Waals surface area (Å²) < 4.78 is 55.7. The predicted molar refractivity (Wildman–Crippen MR) is 85.4 cm³/mol. The number of sulfone groups is 1. The number of benzene rings is 1. The van der Waals surface area contributed by atoms with Crippen molar-refractivity contribution in [2.45, 2.75) is 35.1 Å². The van der Waals surface area contributed by atoms with Gasteiger partial charge in [0.25, 0.3) is 0 Å². The van der Waals surface area contributed by atoms with E-state index in [1.54, 1.807) is 4.31 Å². The van der Waals surface area contributed by atoms with Crippen LogP contribution in [0.1, 0.15) is 19.3 Å². The molecule has 128 valence electrons. The highest BCUT2D eigenvalue weighted by Crippen LogP contribution is 2.34. The van der Waals surface area contributed by atoms with Crippen molar-refractivity contribution in [2.24, 2.45) is 5.92 Å². The van der Waals surface area contributed by atoms with E-state index in [1.165, 1.54) is 24.3 Å². The number of sulfonamides is 1. The predicted octanol–water partition coefficient (Wildman–Crippen LogP) is 1.28. The summed E-state index contributed by atoms with van der Waals surface area (Å²) >= 11 is 0. The number of hydrogen-bond donors (Lipinski definition) is 0. The average molecular weight is 359 g/mol. The summed E-state index contributed by atoms with van der Waals surface area (Å²) in [6.45, 7) is 1.76. The number of ether oxygens (including phenoxy) is 1. The van der Waals surface area contributed by atoms with Crippen LogP contribution < -0.4 is 0 Å². The molecule has 0 spiro atoms. The summed E-state index contributed by atoms with van der Waals surface area (Å²) in [6, 6.07) is 5.53. The summed E-state index contributed by atoms with van der Waals surface area (Å²) in [7, 11) is -6.94. The quantitative estimate of drug-likeness (QED) is 0.764. The SMILES string of the molecule is CS(=O)(=O)c1ccc(S(=O)(=O)N(C[C@H]2CCOC2)C2CC2)cc1. The summed E-state index contributed by atoms with van der Waals surface area (Å²) in [5.74, 6) is 0.237. The molecule has 1 saturated carbocycles. The van der Waals surface area contributed by atoms with Crippen molar-refractivity contribution in [1.29, 1.82) is 0 Å². The molecule has 2 aliphatic rings. The molecule has 1 aliphatic heterocycles. The molecular weight excluding hydrogens is 338 g/mol. The van der Waals surface area contributed by atoms with Crippen molar-refractivity contribution in [3.8, 4) is 0 Å². The zero-order valence-corrected chi connectivity index (χ0v) is 14.6. The topological polar surface area (TPSA) is 80.8 Å². The van der Waals surface area contributed by atoms with Gasteiger partial charge in [0, 0.05) is 25.4 Å². The van der Waals surface area contributed by atoms with Gasteiger partial charge in [-0.1, -0.05) is 0 Å². The van der Waals surface area contributed by atoms with Crippen molar-refractivity contribution < 1.29 is 21.6 Å². The van der Waals surface area contributed by atoms with Crippen molar-refractivity contribution in [3.05, 3.63) is 24.3 Å². The molecule has 0 amide bonds. The van der Waals surface area contributed by atoms with E-state index in [0.717, 1.165) is 25.5 Å². The Morgan fingerprint density at radius 3 is 2.13 bits per heavy atom. The van der Waals surface area contributed by atoms with Crippen LogP contribution in [0.4, 0.5) is 0 Å². The van der Waals surface area contributed by atoms with Gasteiger partial charge in [-0.15, -0.1) is 0 Å². The van der Waals surface area contributed by atoms with E-state index in [-0.39, 0.29) is 21.8 Å². The molecule has 2 fully saturated rings. The van der Waals surface area contributed by atoms with Crippen LogP contribution in [0, 0.1) is 5.92 Å². The summed E-state index contributed by atoms with van der Waals surface area (Å²) in [5.41, 5.74) is 0. The third-order valence-corrected chi connectivity index (χ3v) is 7.34. The van der Waals surface area contributed by atoms with Gasteiger partial charge in [-0.2, -0.15) is 4.31 Å². The van der Waals surface area contributed by atoms with E-state index in [9.17, 15) is 16.8 Å². The molecule has 23 heavy (non-hydrogen) atoms. The third-order valence-electron chi connectivity index (χ3n) is 4.27. The second-order valence-electron chi connectivity index (χ2n) is 6.28. The smallest absolute Gasteiger partial charge is 0.243 e. The van der Waals surface area contributed by atoms with Gasteiger partial charge in [-0.05, 0) is 49.4 Å². The van der Waals surface area contributed by atoms with Crippen LogP contribution in [0.15, 0.2) is 34.1 Å². The number of hydrogen-bond acceptors (Lipinski definition) is 5. The molecule has 1 heterocycles. The van der Waals surface area contributed by atoms with Crippen LogP contribution >= 0.6 is 0 Å². The molecule has 1 aromatic rings. The van der Waals surface area contributed by atoms with E-state index in [4.69, 9.17) is 4.74 Å². The first-order chi connectivity index (χ1) is 10.8. The van der Waals surface area contributed by atoms with Gasteiger partial charge in [0.2, 0.25) is 10.0 Å². The minimum Gasteiger partial charge on any atom is -0.381 e. The highest BCUT2D eigenvalue weighted by molar-refractivity contribution is 7.90. The first-order valence-corrected chi connectivity index (χ1v) is 11.0. The second-order valence-corrected chi connectivity index (χ2v) is 10.2. The third kappa shape index (κ3) is 3.76. The van der Waals surface area contributed by atoms with Crippen LogP contribution in [-0.4, -0.2) is 53.2 Å². The van der Waals surface area contributed by atoms with Crippen molar-refractivity contribution >= 4 is 19.9 Å². The van der Waals surface area contributed by atoms with Gasteiger partial charge in [-0.3, -0.25) is 0 Å². The first kappa shape index (κ1) is 16.9. The Kier molecular flexibility index (Phi) is 4.52. The highest BCUT2D eigenvalue weighted by atomic mass is 32.2. The average Bonchev–Trinajstić information content (AvgIpc) is 3.20. The fraction of sp³-hybridized carbons (Fsp3) is 0.600. The van der Waals surface area contributed by atoms with Gasteiger partial charge < -0.3 is 4.74 Å². The minimum atomic E-state index is -3.60. The maximum atomic E-state index is 12.9. The fourth-order valence-electron chi connectivity index (χ4n) is 2.78. The standard InChI is InChI=1S/C15H21NO5S2/c1-22(17,18)14-4-6-15(7-5-14)23(19,20)16(13-2-3-13)10-12-8-9-21-11-12/h4-7,12-13H,2-3,8-11H2,1H3/t12-/m1/s1. The van der Waals surface area contributed by atoms with E-state index in [2.05, 4.69) is 0 Å². The zero-order valence-electron chi connectivity index (χ0n) is 13.0. The van der Waals surface area contributed by atoms with Gasteiger partial charge >= 0.3 is 0 Å². The number of rotatable bonds is 6. The molecule has 1 aliphatic carbocycles. The van der Waals surface area contributed by atoms with Gasteiger partial charge in [0.15, 0.2) is 9.84 Å². The Labute approximate surface area is 137 Å². The Morgan fingerprint density at radius 2 is 1.65 bits per heavy atom. The monoisotopic (exact) mass is 359 g/mol. The molecule has 0 radical (unpaired) electrons. The van der Waals surface area contributed by atoms with Crippen molar-refractivity contribution in [1.82, 2.24) is 4.31 Å². The molecule has 1 aromatic carbocycles.